The lowest BCUT2D eigenvalue weighted by Gasteiger charge is -2.10. The number of halogens is 1. The van der Waals surface area contributed by atoms with Gasteiger partial charge in [-0.1, -0.05) is 29.8 Å². The summed E-state index contributed by atoms with van der Waals surface area (Å²) in [7, 11) is -3.72. The Morgan fingerprint density at radius 1 is 1.32 bits per heavy atom. The molecule has 1 aromatic rings. The van der Waals surface area contributed by atoms with Crippen LogP contribution in [0.2, 0.25) is 0 Å². The molecule has 0 spiro atoms. The van der Waals surface area contributed by atoms with E-state index < -0.39 is 20.1 Å². The molecule has 2 rings (SSSR count). The first kappa shape index (κ1) is 14.7. The zero-order chi connectivity index (χ0) is 13.9. The normalized spacial score (nSPS) is 16.9. The van der Waals surface area contributed by atoms with E-state index in [2.05, 4.69) is 0 Å². The topological polar surface area (TPSA) is 63.2 Å². The fraction of sp³-hybridized carbons (Fsp3) is 0.417. The van der Waals surface area contributed by atoms with E-state index in [1.165, 1.54) is 11.8 Å². The summed E-state index contributed by atoms with van der Waals surface area (Å²) in [6.45, 7) is 0. The fourth-order valence-corrected chi connectivity index (χ4v) is 3.74. The molecule has 0 unspecified atom stereocenters. The third kappa shape index (κ3) is 3.87. The van der Waals surface area contributed by atoms with Crippen LogP contribution in [0.1, 0.15) is 19.3 Å². The Hall–Kier alpha value is -0.720. The van der Waals surface area contributed by atoms with Crippen LogP contribution in [0.25, 0.3) is 0 Å². The van der Waals surface area contributed by atoms with Crippen molar-refractivity contribution < 1.29 is 13.2 Å². The molecule has 1 fully saturated rings. The van der Waals surface area contributed by atoms with Crippen molar-refractivity contribution in [1.82, 2.24) is 4.72 Å². The number of carbonyl (C=O) groups is 1. The molecule has 104 valence electrons. The lowest BCUT2D eigenvalue weighted by Crippen LogP contribution is -2.37. The molecule has 1 saturated carbocycles. The van der Waals surface area contributed by atoms with E-state index in [4.69, 9.17) is 11.6 Å². The SMILES string of the molecule is O=C(CCSc1ccccc1)NS(=O)(=O)C1(Cl)CC1. The van der Waals surface area contributed by atoms with Gasteiger partial charge in [-0.15, -0.1) is 11.8 Å². The van der Waals surface area contributed by atoms with Crippen LogP contribution in [0.4, 0.5) is 0 Å². The average Bonchev–Trinajstić information content (AvgIpc) is 3.10. The lowest BCUT2D eigenvalue weighted by molar-refractivity contribution is -0.118. The molecule has 0 saturated heterocycles. The van der Waals surface area contributed by atoms with E-state index in [0.717, 1.165) is 4.90 Å². The average molecular weight is 320 g/mol. The number of thioether (sulfide) groups is 1. The van der Waals surface area contributed by atoms with Crippen molar-refractivity contribution in [2.75, 3.05) is 5.75 Å². The number of carbonyl (C=O) groups excluding carboxylic acids is 1. The maximum atomic E-state index is 11.7. The Balaban J connectivity index is 1.76. The predicted molar refractivity (Wildman–Crippen MR) is 76.7 cm³/mol. The number of nitrogens with one attached hydrogen (secondary N) is 1. The highest BCUT2D eigenvalue weighted by atomic mass is 35.5. The number of hydrogen-bond donors (Lipinski definition) is 1. The van der Waals surface area contributed by atoms with E-state index in [9.17, 15) is 13.2 Å². The molecule has 0 atom stereocenters. The van der Waals surface area contributed by atoms with E-state index in [1.807, 2.05) is 35.1 Å². The molecule has 1 N–H and O–H groups in total. The second-order valence-corrected chi connectivity index (χ2v) is 8.43. The van der Waals surface area contributed by atoms with E-state index >= 15 is 0 Å². The zero-order valence-corrected chi connectivity index (χ0v) is 12.5. The molecule has 1 aliphatic carbocycles. The second kappa shape index (κ2) is 5.73. The number of hydrogen-bond acceptors (Lipinski definition) is 4. The largest absolute Gasteiger partial charge is 0.274 e. The van der Waals surface area contributed by atoms with Gasteiger partial charge in [-0.3, -0.25) is 9.52 Å². The molecule has 1 aliphatic rings. The van der Waals surface area contributed by atoms with Crippen molar-refractivity contribution in [3.8, 4) is 0 Å². The maximum absolute atomic E-state index is 11.7. The fourth-order valence-electron chi connectivity index (χ4n) is 1.44. The molecule has 0 bridgehead atoms. The number of sulfonamides is 1. The van der Waals surface area contributed by atoms with Gasteiger partial charge in [0.25, 0.3) is 10.0 Å². The van der Waals surface area contributed by atoms with Gasteiger partial charge in [0.05, 0.1) is 0 Å². The highest BCUT2D eigenvalue weighted by molar-refractivity contribution is 7.99. The Morgan fingerprint density at radius 2 is 1.95 bits per heavy atom. The molecule has 1 aromatic carbocycles. The second-order valence-electron chi connectivity index (χ2n) is 4.32. The number of amides is 1. The van der Waals surface area contributed by atoms with Gasteiger partial charge in [0.1, 0.15) is 0 Å². The summed E-state index contributed by atoms with van der Waals surface area (Å²) in [5.41, 5.74) is 0. The van der Waals surface area contributed by atoms with Gasteiger partial charge in [-0.25, -0.2) is 8.42 Å². The van der Waals surface area contributed by atoms with Gasteiger partial charge in [0.2, 0.25) is 5.91 Å². The summed E-state index contributed by atoms with van der Waals surface area (Å²) >= 11 is 7.31. The first-order chi connectivity index (χ1) is 8.93. The van der Waals surface area contributed by atoms with Crippen molar-refractivity contribution in [3.05, 3.63) is 30.3 Å². The molecule has 0 heterocycles. The van der Waals surface area contributed by atoms with Crippen molar-refractivity contribution in [3.63, 3.8) is 0 Å². The summed E-state index contributed by atoms with van der Waals surface area (Å²) < 4.78 is 24.2. The molecule has 4 nitrogen and oxygen atoms in total. The Bertz CT molecular complexity index is 556. The number of rotatable bonds is 6. The van der Waals surface area contributed by atoms with Crippen LogP contribution in [-0.4, -0.2) is 24.3 Å². The van der Waals surface area contributed by atoms with E-state index in [1.54, 1.807) is 0 Å². The molecule has 0 aliphatic heterocycles. The Labute approximate surface area is 122 Å². The minimum atomic E-state index is -3.72. The Morgan fingerprint density at radius 3 is 2.53 bits per heavy atom. The molecular formula is C12H14ClNO3S2. The van der Waals surface area contributed by atoms with Gasteiger partial charge in [0, 0.05) is 17.1 Å². The highest BCUT2D eigenvalue weighted by Gasteiger charge is 2.53. The van der Waals surface area contributed by atoms with Gasteiger partial charge < -0.3 is 0 Å². The minimum Gasteiger partial charge on any atom is -0.274 e. The van der Waals surface area contributed by atoms with Crippen molar-refractivity contribution in [2.24, 2.45) is 0 Å². The van der Waals surface area contributed by atoms with Crippen LogP contribution in [0.15, 0.2) is 35.2 Å². The van der Waals surface area contributed by atoms with Gasteiger partial charge in [-0.2, -0.15) is 0 Å². The number of alkyl halides is 1. The molecule has 7 heteroatoms. The summed E-state index contributed by atoms with van der Waals surface area (Å²) in [5.74, 6) is 0.0241. The van der Waals surface area contributed by atoms with E-state index in [-0.39, 0.29) is 6.42 Å². The van der Waals surface area contributed by atoms with Crippen molar-refractivity contribution in [1.29, 1.82) is 0 Å². The molecule has 0 aromatic heterocycles. The van der Waals surface area contributed by atoms with Crippen LogP contribution >= 0.6 is 23.4 Å². The molecule has 0 radical (unpaired) electrons. The van der Waals surface area contributed by atoms with Crippen molar-refractivity contribution in [2.45, 2.75) is 28.4 Å². The van der Waals surface area contributed by atoms with Crippen LogP contribution in [0, 0.1) is 0 Å². The maximum Gasteiger partial charge on any atom is 0.254 e. The lowest BCUT2D eigenvalue weighted by atomic mass is 10.4. The quantitative estimate of drug-likeness (QED) is 0.646. The third-order valence-corrected chi connectivity index (χ3v) is 6.58. The van der Waals surface area contributed by atoms with Gasteiger partial charge in [-0.05, 0) is 25.0 Å². The summed E-state index contributed by atoms with van der Waals surface area (Å²) in [4.78, 5) is 12.6. The standard InChI is InChI=1S/C12H14ClNO3S2/c13-12(7-8-12)19(16,17)14-11(15)6-9-18-10-4-2-1-3-5-10/h1-5H,6-9H2,(H,14,15). The predicted octanol–water partition coefficient (Wildman–Crippen LogP) is 2.34. The van der Waals surface area contributed by atoms with E-state index in [0.29, 0.717) is 18.6 Å². The molecule has 1 amide bonds. The van der Waals surface area contributed by atoms with Crippen LogP contribution in [-0.2, 0) is 14.8 Å². The zero-order valence-electron chi connectivity index (χ0n) is 10.1. The molecular weight excluding hydrogens is 306 g/mol. The Kier molecular flexibility index (Phi) is 4.43. The summed E-state index contributed by atoms with van der Waals surface area (Å²) in [6, 6.07) is 9.63. The smallest absolute Gasteiger partial charge is 0.254 e. The van der Waals surface area contributed by atoms with Crippen molar-refractivity contribution >= 4 is 39.3 Å². The monoisotopic (exact) mass is 319 g/mol. The number of benzene rings is 1. The van der Waals surface area contributed by atoms with Crippen LogP contribution in [0.5, 0.6) is 0 Å². The third-order valence-electron chi connectivity index (χ3n) is 2.71. The van der Waals surface area contributed by atoms with Crippen LogP contribution < -0.4 is 4.72 Å². The first-order valence-electron chi connectivity index (χ1n) is 5.85. The molecule has 19 heavy (non-hydrogen) atoms. The highest BCUT2D eigenvalue weighted by Crippen LogP contribution is 2.46. The summed E-state index contributed by atoms with van der Waals surface area (Å²) in [6.07, 6.45) is 0.942. The van der Waals surface area contributed by atoms with Gasteiger partial charge in [0.15, 0.2) is 4.21 Å². The van der Waals surface area contributed by atoms with Crippen LogP contribution in [0.3, 0.4) is 0 Å². The first-order valence-corrected chi connectivity index (χ1v) is 8.70. The minimum absolute atomic E-state index is 0.145. The van der Waals surface area contributed by atoms with Gasteiger partial charge >= 0.3 is 0 Å². The summed E-state index contributed by atoms with van der Waals surface area (Å²) in [5, 5.41) is 0.